The van der Waals surface area contributed by atoms with Crippen LogP contribution in [0.5, 0.6) is 11.5 Å². The van der Waals surface area contributed by atoms with Crippen molar-refractivity contribution in [1.29, 1.82) is 5.26 Å². The third kappa shape index (κ3) is 3.57. The summed E-state index contributed by atoms with van der Waals surface area (Å²) < 4.78 is 19.7. The molecule has 1 atom stereocenters. The van der Waals surface area contributed by atoms with Crippen molar-refractivity contribution in [3.05, 3.63) is 64.4 Å². The van der Waals surface area contributed by atoms with Crippen molar-refractivity contribution in [2.24, 2.45) is 0 Å². The number of para-hydroxylation sites is 1. The highest BCUT2D eigenvalue weighted by Crippen LogP contribution is 2.44. The molecule has 2 heterocycles. The molecule has 2 aromatic rings. The van der Waals surface area contributed by atoms with E-state index in [-0.39, 0.29) is 30.6 Å². The zero-order valence-electron chi connectivity index (χ0n) is 16.3. The van der Waals surface area contributed by atoms with Crippen LogP contribution < -0.4 is 9.64 Å². The normalized spacial score (nSPS) is 18.8. The average molecular weight is 425 g/mol. The van der Waals surface area contributed by atoms with E-state index >= 15 is 0 Å². The molecule has 0 unspecified atom stereocenters. The molecule has 154 valence electrons. The van der Waals surface area contributed by atoms with E-state index in [4.69, 9.17) is 4.74 Å². The number of rotatable bonds is 4. The number of anilines is 1. The van der Waals surface area contributed by atoms with Gasteiger partial charge in [-0.2, -0.15) is 5.26 Å². The van der Waals surface area contributed by atoms with E-state index in [0.29, 0.717) is 34.5 Å². The molecule has 0 spiro atoms. The predicted octanol–water partition coefficient (Wildman–Crippen LogP) is 4.15. The van der Waals surface area contributed by atoms with Gasteiger partial charge in [0.25, 0.3) is 0 Å². The van der Waals surface area contributed by atoms with E-state index in [0.717, 1.165) is 5.56 Å². The van der Waals surface area contributed by atoms with Gasteiger partial charge in [0.05, 0.1) is 41.5 Å². The van der Waals surface area contributed by atoms with Gasteiger partial charge in [0.1, 0.15) is 5.82 Å². The number of thioether (sulfide) groups is 1. The first-order valence-corrected chi connectivity index (χ1v) is 10.5. The molecule has 2 aliphatic heterocycles. The number of nitriles is 1. The van der Waals surface area contributed by atoms with Gasteiger partial charge < -0.3 is 14.7 Å². The molecule has 1 fully saturated rings. The van der Waals surface area contributed by atoms with E-state index < -0.39 is 5.92 Å². The van der Waals surface area contributed by atoms with Gasteiger partial charge in [0, 0.05) is 12.3 Å². The summed E-state index contributed by atoms with van der Waals surface area (Å²) in [4.78, 5) is 16.3. The number of allylic oxidation sites excluding steroid dienone is 1. The number of phenolic OH excluding ortho intramolecular Hbond substituents is 1. The quantitative estimate of drug-likeness (QED) is 0.793. The monoisotopic (exact) mass is 425 g/mol. The van der Waals surface area contributed by atoms with Crippen molar-refractivity contribution in [2.75, 3.05) is 24.1 Å². The fraction of sp³-hybridized carbons (Fsp3) is 0.273. The van der Waals surface area contributed by atoms with Gasteiger partial charge in [-0.05, 0) is 36.8 Å². The van der Waals surface area contributed by atoms with Gasteiger partial charge in [0.15, 0.2) is 11.5 Å². The molecule has 2 aliphatic rings. The average Bonchev–Trinajstić information content (AvgIpc) is 2.75. The smallest absolute Gasteiger partial charge is 0.229 e. The number of carbonyl (C=O) groups excluding carboxylic acids is 1. The Hall–Kier alpha value is -3.18. The third-order valence-electron chi connectivity index (χ3n) is 5.17. The van der Waals surface area contributed by atoms with Crippen molar-refractivity contribution in [1.82, 2.24) is 4.90 Å². The number of nitrogens with zero attached hydrogens (tertiary/aromatic N) is 3. The Morgan fingerprint density at radius 2 is 2.13 bits per heavy atom. The lowest BCUT2D eigenvalue weighted by Crippen LogP contribution is -2.47. The van der Waals surface area contributed by atoms with Crippen LogP contribution in [-0.4, -0.2) is 35.1 Å². The highest BCUT2D eigenvalue weighted by Gasteiger charge is 2.38. The summed E-state index contributed by atoms with van der Waals surface area (Å²) in [5, 5.41) is 20.5. The molecular weight excluding hydrogens is 405 g/mol. The van der Waals surface area contributed by atoms with Gasteiger partial charge in [-0.25, -0.2) is 4.39 Å². The number of hydrogen-bond donors (Lipinski definition) is 1. The maximum Gasteiger partial charge on any atom is 0.229 e. The first-order valence-electron chi connectivity index (χ1n) is 9.56. The van der Waals surface area contributed by atoms with Crippen LogP contribution in [0, 0.1) is 17.1 Å². The summed E-state index contributed by atoms with van der Waals surface area (Å²) in [5.41, 5.74) is 1.67. The minimum atomic E-state index is -0.416. The number of phenols is 1. The maximum atomic E-state index is 14.2. The molecule has 4 rings (SSSR count). The zero-order valence-corrected chi connectivity index (χ0v) is 17.2. The molecule has 1 saturated heterocycles. The molecule has 0 saturated carbocycles. The number of benzene rings is 2. The first-order chi connectivity index (χ1) is 14.5. The van der Waals surface area contributed by atoms with Crippen LogP contribution in [0.4, 0.5) is 10.1 Å². The molecule has 30 heavy (non-hydrogen) atoms. The van der Waals surface area contributed by atoms with E-state index in [1.54, 1.807) is 40.1 Å². The number of fused-ring (bicyclic) bond motifs is 1. The van der Waals surface area contributed by atoms with Crippen molar-refractivity contribution in [3.8, 4) is 17.6 Å². The van der Waals surface area contributed by atoms with Crippen molar-refractivity contribution < 1.29 is 19.0 Å². The molecule has 0 radical (unpaired) electrons. The molecule has 6 nitrogen and oxygen atoms in total. The van der Waals surface area contributed by atoms with Crippen LogP contribution in [0.1, 0.15) is 24.8 Å². The van der Waals surface area contributed by atoms with E-state index in [1.807, 2.05) is 6.92 Å². The molecular formula is C22H20FN3O3S. The number of amides is 1. The Balaban J connectivity index is 1.67. The summed E-state index contributed by atoms with van der Waals surface area (Å²) in [6.07, 6.45) is 0.119. The van der Waals surface area contributed by atoms with Gasteiger partial charge >= 0.3 is 0 Å². The minimum Gasteiger partial charge on any atom is -0.504 e. The van der Waals surface area contributed by atoms with E-state index in [1.165, 1.54) is 23.9 Å². The largest absolute Gasteiger partial charge is 0.504 e. The van der Waals surface area contributed by atoms with Gasteiger partial charge in [-0.3, -0.25) is 9.69 Å². The Morgan fingerprint density at radius 3 is 2.87 bits per heavy atom. The fourth-order valence-corrected chi connectivity index (χ4v) is 4.88. The number of aromatic hydroxyl groups is 1. The zero-order chi connectivity index (χ0) is 21.3. The van der Waals surface area contributed by atoms with Crippen LogP contribution in [-0.2, 0) is 4.79 Å². The summed E-state index contributed by atoms with van der Waals surface area (Å²) in [6.45, 7) is 2.40. The highest BCUT2D eigenvalue weighted by molar-refractivity contribution is 8.03. The summed E-state index contributed by atoms with van der Waals surface area (Å²) >= 11 is 1.35. The van der Waals surface area contributed by atoms with Crippen molar-refractivity contribution in [2.45, 2.75) is 19.3 Å². The second-order valence-corrected chi connectivity index (χ2v) is 7.91. The van der Waals surface area contributed by atoms with Crippen LogP contribution in [0.3, 0.4) is 0 Å². The lowest BCUT2D eigenvalue weighted by atomic mass is 9.86. The van der Waals surface area contributed by atoms with Gasteiger partial charge in [-0.1, -0.05) is 30.0 Å². The van der Waals surface area contributed by atoms with Crippen molar-refractivity contribution >= 4 is 23.4 Å². The molecule has 8 heteroatoms. The molecule has 1 amide bonds. The number of halogens is 1. The molecule has 1 N–H and O–H groups in total. The molecule has 0 bridgehead atoms. The Kier molecular flexibility index (Phi) is 5.55. The summed E-state index contributed by atoms with van der Waals surface area (Å²) in [6, 6.07) is 13.6. The fourth-order valence-electron chi connectivity index (χ4n) is 3.73. The Labute approximate surface area is 178 Å². The summed E-state index contributed by atoms with van der Waals surface area (Å²) in [5.74, 6) is -0.120. The van der Waals surface area contributed by atoms with Crippen molar-refractivity contribution in [3.63, 3.8) is 0 Å². The lowest BCUT2D eigenvalue weighted by Gasteiger charge is -2.42. The number of ether oxygens (including phenoxy) is 1. The van der Waals surface area contributed by atoms with Crippen LogP contribution >= 0.6 is 11.8 Å². The summed E-state index contributed by atoms with van der Waals surface area (Å²) in [7, 11) is 0. The van der Waals surface area contributed by atoms with Gasteiger partial charge in [-0.15, -0.1) is 0 Å². The topological polar surface area (TPSA) is 76.8 Å². The second kappa shape index (κ2) is 8.28. The molecule has 0 aromatic heterocycles. The lowest BCUT2D eigenvalue weighted by molar-refractivity contribution is -0.129. The third-order valence-corrected chi connectivity index (χ3v) is 6.33. The Bertz CT molecular complexity index is 1070. The maximum absolute atomic E-state index is 14.2. The molecule has 2 aromatic carbocycles. The second-order valence-electron chi connectivity index (χ2n) is 6.98. The minimum absolute atomic E-state index is 0.0168. The van der Waals surface area contributed by atoms with Crippen LogP contribution in [0.15, 0.2) is 53.1 Å². The van der Waals surface area contributed by atoms with Crippen LogP contribution in [0.25, 0.3) is 0 Å². The SMILES string of the molecule is CCOc1cc([C@H]2CC(=O)N3CN(c4ccccc4F)CSC3=C2C#N)ccc1O. The predicted molar refractivity (Wildman–Crippen MR) is 112 cm³/mol. The standard InChI is InChI=1S/C22H20FN3O3S/c1-2-29-20-9-14(7-8-19(20)27)15-10-21(28)26-12-25(13-30-22(26)16(15)11-24)18-6-4-3-5-17(18)23/h3-9,15,27H,2,10,12-13H2,1H3/t15-/m1/s1. The van der Waals surface area contributed by atoms with E-state index in [9.17, 15) is 19.6 Å². The van der Waals surface area contributed by atoms with Crippen LogP contribution in [0.2, 0.25) is 0 Å². The Morgan fingerprint density at radius 1 is 1.33 bits per heavy atom. The first kappa shape index (κ1) is 20.1. The van der Waals surface area contributed by atoms with Gasteiger partial charge in [0.2, 0.25) is 5.91 Å². The molecule has 0 aliphatic carbocycles. The number of hydrogen-bond acceptors (Lipinski definition) is 6. The van der Waals surface area contributed by atoms with E-state index in [2.05, 4.69) is 6.07 Å². The number of carbonyl (C=O) groups is 1. The highest BCUT2D eigenvalue weighted by atomic mass is 32.2.